The van der Waals surface area contributed by atoms with Gasteiger partial charge in [0.05, 0.1) is 26.3 Å². The molecule has 1 unspecified atom stereocenters. The minimum Gasteiger partial charge on any atom is -0.493 e. The first-order valence-corrected chi connectivity index (χ1v) is 17.2. The number of benzene rings is 2. The van der Waals surface area contributed by atoms with Gasteiger partial charge in [0.15, 0.2) is 5.78 Å². The van der Waals surface area contributed by atoms with E-state index in [2.05, 4.69) is 15.8 Å². The first kappa shape index (κ1) is 35.9. The van der Waals surface area contributed by atoms with Crippen LogP contribution in [0.1, 0.15) is 58.6 Å². The second-order valence-electron chi connectivity index (χ2n) is 10.6. The predicted octanol–water partition coefficient (Wildman–Crippen LogP) is 6.30. The summed E-state index contributed by atoms with van der Waals surface area (Å²) in [6.07, 6.45) is 5.53. The summed E-state index contributed by atoms with van der Waals surface area (Å²) in [5.74, 6) is -0.296. The van der Waals surface area contributed by atoms with Crippen LogP contribution in [-0.2, 0) is 19.1 Å². The van der Waals surface area contributed by atoms with Gasteiger partial charge in [-0.15, -0.1) is 11.8 Å². The summed E-state index contributed by atoms with van der Waals surface area (Å²) >= 11 is 2.84. The van der Waals surface area contributed by atoms with Crippen molar-refractivity contribution in [2.75, 3.05) is 32.6 Å². The lowest BCUT2D eigenvalue weighted by Gasteiger charge is -2.29. The zero-order valence-corrected chi connectivity index (χ0v) is 28.2. The van der Waals surface area contributed by atoms with Gasteiger partial charge >= 0.3 is 5.97 Å². The molecule has 0 saturated heterocycles. The van der Waals surface area contributed by atoms with E-state index in [4.69, 9.17) is 9.47 Å². The lowest BCUT2D eigenvalue weighted by atomic mass is 10.0. The van der Waals surface area contributed by atoms with Crippen LogP contribution in [0.5, 0.6) is 5.75 Å². The maximum absolute atomic E-state index is 14.5. The molecule has 45 heavy (non-hydrogen) atoms. The second-order valence-corrected chi connectivity index (χ2v) is 12.5. The topological polar surface area (TPSA) is 118 Å². The summed E-state index contributed by atoms with van der Waals surface area (Å²) in [7, 11) is 0. The number of esters is 1. The monoisotopic (exact) mass is 653 g/mol. The Morgan fingerprint density at radius 3 is 2.53 bits per heavy atom. The quantitative estimate of drug-likeness (QED) is 0.0927. The second kappa shape index (κ2) is 18.4. The smallest absolute Gasteiger partial charge is 0.305 e. The van der Waals surface area contributed by atoms with Crippen molar-refractivity contribution in [3.63, 3.8) is 0 Å². The van der Waals surface area contributed by atoms with Crippen molar-refractivity contribution in [2.45, 2.75) is 57.9 Å². The van der Waals surface area contributed by atoms with Crippen LogP contribution in [0.15, 0.2) is 75.3 Å². The molecule has 0 bridgehead atoms. The fourth-order valence-corrected chi connectivity index (χ4v) is 5.87. The average molecular weight is 654 g/mol. The van der Waals surface area contributed by atoms with E-state index in [1.165, 1.54) is 18.0 Å². The number of ether oxygens (including phenoxy) is 2. The van der Waals surface area contributed by atoms with E-state index in [1.807, 2.05) is 63.4 Å². The Balaban J connectivity index is 1.96. The fraction of sp³-hybridized carbons (Fsp3) is 0.412. The number of hydrogen-bond acceptors (Lipinski definition) is 9. The van der Waals surface area contributed by atoms with E-state index < -0.39 is 6.04 Å². The molecule has 3 aromatic rings. The van der Waals surface area contributed by atoms with Crippen molar-refractivity contribution in [2.24, 2.45) is 5.92 Å². The van der Waals surface area contributed by atoms with Crippen molar-refractivity contribution in [3.8, 4) is 5.75 Å². The zero-order chi connectivity index (χ0) is 32.8. The Labute approximate surface area is 273 Å². The maximum Gasteiger partial charge on any atom is 0.305 e. The predicted molar refractivity (Wildman–Crippen MR) is 182 cm³/mol. The van der Waals surface area contributed by atoms with E-state index in [1.54, 1.807) is 35.7 Å². The van der Waals surface area contributed by atoms with Gasteiger partial charge in [0, 0.05) is 34.4 Å². The maximum atomic E-state index is 14.5. The van der Waals surface area contributed by atoms with E-state index in [-0.39, 0.29) is 48.7 Å². The number of pyridine rings is 1. The summed E-state index contributed by atoms with van der Waals surface area (Å²) in [6, 6.07) is 15.3. The van der Waals surface area contributed by atoms with Gasteiger partial charge in [0.1, 0.15) is 11.8 Å². The SMILES string of the molecule is CC/C=C(/CN(CC(=O)C(C)C)C(=O)C(NSc1ccc2[nH]c(=O)ccc2c1)c1ccccc1OCCCC(=O)OCC)SC. The van der Waals surface area contributed by atoms with Crippen LogP contribution in [-0.4, -0.2) is 60.1 Å². The van der Waals surface area contributed by atoms with Gasteiger partial charge in [0.25, 0.3) is 0 Å². The van der Waals surface area contributed by atoms with Crippen molar-refractivity contribution in [1.82, 2.24) is 14.6 Å². The number of fused-ring (bicyclic) bond motifs is 1. The van der Waals surface area contributed by atoms with Crippen molar-refractivity contribution < 1.29 is 23.9 Å². The van der Waals surface area contributed by atoms with Gasteiger partial charge in [-0.2, -0.15) is 0 Å². The van der Waals surface area contributed by atoms with Gasteiger partial charge in [-0.05, 0) is 78.6 Å². The lowest BCUT2D eigenvalue weighted by Crippen LogP contribution is -2.43. The Morgan fingerprint density at radius 1 is 1.04 bits per heavy atom. The third-order valence-electron chi connectivity index (χ3n) is 6.90. The molecule has 2 N–H and O–H groups in total. The number of H-pyrrole nitrogens is 1. The molecule has 0 aliphatic rings. The molecule has 3 rings (SSSR count). The molecule has 0 radical (unpaired) electrons. The normalized spacial score (nSPS) is 12.3. The molecule has 0 saturated carbocycles. The highest BCUT2D eigenvalue weighted by atomic mass is 32.2. The van der Waals surface area contributed by atoms with Crippen molar-refractivity contribution in [3.05, 3.63) is 81.5 Å². The molecule has 2 aromatic carbocycles. The van der Waals surface area contributed by atoms with Crippen LogP contribution >= 0.6 is 23.7 Å². The number of hydrogen-bond donors (Lipinski definition) is 2. The van der Waals surface area contributed by atoms with E-state index >= 15 is 0 Å². The Morgan fingerprint density at radius 2 is 1.82 bits per heavy atom. The van der Waals surface area contributed by atoms with Crippen LogP contribution in [0.2, 0.25) is 0 Å². The summed E-state index contributed by atoms with van der Waals surface area (Å²) in [5.41, 5.74) is 1.15. The van der Waals surface area contributed by atoms with Gasteiger partial charge in [0.2, 0.25) is 11.5 Å². The summed E-state index contributed by atoms with van der Waals surface area (Å²) in [5, 5.41) is 0.855. The van der Waals surface area contributed by atoms with Crippen LogP contribution in [0.25, 0.3) is 10.9 Å². The number of amides is 1. The molecule has 1 amide bonds. The van der Waals surface area contributed by atoms with E-state index in [0.29, 0.717) is 36.4 Å². The summed E-state index contributed by atoms with van der Waals surface area (Å²) in [6.45, 7) is 8.35. The third kappa shape index (κ3) is 11.1. The number of allylic oxidation sites excluding steroid dienone is 1. The number of Topliss-reactive ketones (excluding diaryl/α,β-unsaturated/α-hetero) is 1. The molecule has 11 heteroatoms. The molecule has 0 aliphatic carbocycles. The highest BCUT2D eigenvalue weighted by Gasteiger charge is 2.31. The zero-order valence-electron chi connectivity index (χ0n) is 26.6. The van der Waals surface area contributed by atoms with Crippen LogP contribution in [0.4, 0.5) is 0 Å². The van der Waals surface area contributed by atoms with Gasteiger partial charge in [-0.25, -0.2) is 4.72 Å². The van der Waals surface area contributed by atoms with E-state index in [9.17, 15) is 19.2 Å². The molecule has 0 spiro atoms. The minimum atomic E-state index is -0.868. The molecule has 1 aromatic heterocycles. The fourth-order valence-electron chi connectivity index (χ4n) is 4.45. The molecule has 242 valence electrons. The molecule has 9 nitrogen and oxygen atoms in total. The van der Waals surface area contributed by atoms with Crippen LogP contribution in [0, 0.1) is 5.92 Å². The Hall–Kier alpha value is -3.54. The number of thioether (sulfide) groups is 1. The Kier molecular flexibility index (Phi) is 14.7. The van der Waals surface area contributed by atoms with E-state index in [0.717, 1.165) is 21.6 Å². The van der Waals surface area contributed by atoms with Crippen LogP contribution in [0.3, 0.4) is 0 Å². The van der Waals surface area contributed by atoms with Gasteiger partial charge in [-0.3, -0.25) is 19.2 Å². The van der Waals surface area contributed by atoms with Crippen molar-refractivity contribution >= 4 is 52.3 Å². The summed E-state index contributed by atoms with van der Waals surface area (Å²) in [4.78, 5) is 57.3. The minimum absolute atomic E-state index is 0.0210. The number of rotatable bonds is 18. The Bertz CT molecular complexity index is 1540. The first-order chi connectivity index (χ1) is 21.7. The number of para-hydroxylation sites is 1. The van der Waals surface area contributed by atoms with Crippen LogP contribution < -0.4 is 15.0 Å². The third-order valence-corrected chi connectivity index (χ3v) is 8.56. The molecular formula is C34H43N3O6S2. The molecule has 1 heterocycles. The molecule has 0 aliphatic heterocycles. The number of aromatic amines is 1. The largest absolute Gasteiger partial charge is 0.493 e. The highest BCUT2D eigenvalue weighted by Crippen LogP contribution is 2.31. The average Bonchev–Trinajstić information content (AvgIpc) is 3.03. The molecular weight excluding hydrogens is 611 g/mol. The number of nitrogens with zero attached hydrogens (tertiary/aromatic N) is 1. The standard InChI is InChI=1S/C34H43N3O6S2/c1-6-11-26(44-5)21-37(22-29(38)23(3)4)34(41)33(36-45-25-16-17-28-24(20-25)15-18-31(39)35-28)27-12-8-9-13-30(27)43-19-10-14-32(40)42-7-2/h8-9,11-13,15-18,20,23,33,36H,6-7,10,14,19,21-22H2,1-5H3,(H,35,39)/b26-11-. The first-order valence-electron chi connectivity index (χ1n) is 15.1. The highest BCUT2D eigenvalue weighted by molar-refractivity contribution is 8.02. The number of carbonyl (C=O) groups excluding carboxylic acids is 3. The van der Waals surface area contributed by atoms with Crippen molar-refractivity contribution in [1.29, 1.82) is 0 Å². The number of carbonyl (C=O) groups is 3. The summed E-state index contributed by atoms with van der Waals surface area (Å²) < 4.78 is 14.5. The number of aromatic nitrogens is 1. The van der Waals surface area contributed by atoms with Gasteiger partial charge in [-0.1, -0.05) is 45.0 Å². The number of ketones is 1. The molecule has 0 fully saturated rings. The molecule has 1 atom stereocenters. The lowest BCUT2D eigenvalue weighted by molar-refractivity contribution is -0.143. The number of nitrogens with one attached hydrogen (secondary N) is 2. The van der Waals surface area contributed by atoms with Gasteiger partial charge < -0.3 is 19.4 Å².